The third-order valence-electron chi connectivity index (χ3n) is 6.95. The van der Waals surface area contributed by atoms with Gasteiger partial charge in [-0.15, -0.1) is 0 Å². The summed E-state index contributed by atoms with van der Waals surface area (Å²) < 4.78 is 32.4. The first-order chi connectivity index (χ1) is 17.1. The quantitative estimate of drug-likeness (QED) is 0.365. The zero-order valence-electron chi connectivity index (χ0n) is 19.4. The second kappa shape index (κ2) is 7.82. The van der Waals surface area contributed by atoms with Gasteiger partial charge in [0.25, 0.3) is 10.0 Å². The molecule has 2 N–H and O–H groups in total. The third-order valence-corrected chi connectivity index (χ3v) is 10.1. The summed E-state index contributed by atoms with van der Waals surface area (Å²) in [4.78, 5) is 26.2. The van der Waals surface area contributed by atoms with Crippen molar-refractivity contribution in [3.05, 3.63) is 65.2 Å². The lowest BCUT2D eigenvalue weighted by atomic mass is 9.92. The molecule has 1 fully saturated rings. The number of hydrogen-bond acceptors (Lipinski definition) is 6. The Bertz CT molecular complexity index is 1610. The Labute approximate surface area is 211 Å². The number of carboxylic acids is 1. The van der Waals surface area contributed by atoms with Gasteiger partial charge in [0.05, 0.1) is 36.2 Å². The highest BCUT2D eigenvalue weighted by Gasteiger charge is 2.58. The Hall–Kier alpha value is -3.35. The van der Waals surface area contributed by atoms with Gasteiger partial charge in [-0.05, 0) is 24.4 Å². The second-order valence-corrected chi connectivity index (χ2v) is 12.3. The maximum absolute atomic E-state index is 13.6. The van der Waals surface area contributed by atoms with Gasteiger partial charge >= 0.3 is 5.97 Å². The van der Waals surface area contributed by atoms with Gasteiger partial charge in [-0.1, -0.05) is 30.0 Å². The highest BCUT2D eigenvalue weighted by atomic mass is 32.2. The smallest absolute Gasteiger partial charge is 0.353 e. The molecule has 0 radical (unpaired) electrons. The van der Waals surface area contributed by atoms with Crippen molar-refractivity contribution in [1.29, 1.82) is 0 Å². The molecular formula is C24H23N4O6S2+. The van der Waals surface area contributed by atoms with E-state index in [1.807, 2.05) is 47.0 Å². The van der Waals surface area contributed by atoms with Crippen molar-refractivity contribution in [3.8, 4) is 0 Å². The van der Waals surface area contributed by atoms with E-state index in [0.717, 1.165) is 27.6 Å². The van der Waals surface area contributed by atoms with E-state index < -0.39 is 39.3 Å². The number of nitrogens with zero attached hydrogens (tertiary/aromatic N) is 4. The van der Waals surface area contributed by atoms with Crippen LogP contribution in [-0.4, -0.2) is 58.0 Å². The lowest BCUT2D eigenvalue weighted by molar-refractivity contribution is -0.671. The minimum absolute atomic E-state index is 0.177. The van der Waals surface area contributed by atoms with Crippen LogP contribution in [0.5, 0.6) is 0 Å². The molecule has 3 unspecified atom stereocenters. The molecule has 0 spiro atoms. The van der Waals surface area contributed by atoms with Crippen LogP contribution in [0.25, 0.3) is 10.8 Å². The van der Waals surface area contributed by atoms with Crippen LogP contribution in [-0.2, 0) is 33.2 Å². The average molecular weight is 528 g/mol. The summed E-state index contributed by atoms with van der Waals surface area (Å²) in [6.45, 7) is 1.84. The number of sulfonamides is 1. The SMILES string of the molecule is CC(O)C1C(=O)N2C(C(=O)O)=C(CN3c4cccc5c(Cn6cc[n+](C)c6)ccc(c45)S3(=O)=O)SC12. The number of anilines is 1. The second-order valence-electron chi connectivity index (χ2n) is 9.25. The molecule has 3 atom stereocenters. The Morgan fingerprint density at radius 2 is 2.00 bits per heavy atom. The van der Waals surface area contributed by atoms with Crippen LogP contribution in [0.2, 0.25) is 0 Å². The zero-order chi connectivity index (χ0) is 25.5. The van der Waals surface area contributed by atoms with Gasteiger partial charge in [-0.2, -0.15) is 0 Å². The number of imidazole rings is 1. The molecule has 10 nitrogen and oxygen atoms in total. The summed E-state index contributed by atoms with van der Waals surface area (Å²) in [5.74, 6) is -2.49. The van der Waals surface area contributed by atoms with Crippen LogP contribution in [0.1, 0.15) is 12.5 Å². The van der Waals surface area contributed by atoms with E-state index in [1.54, 1.807) is 18.2 Å². The number of aliphatic hydroxyl groups is 1. The molecule has 2 aromatic carbocycles. The monoisotopic (exact) mass is 527 g/mol. The molecule has 0 saturated carbocycles. The third kappa shape index (κ3) is 3.14. The number of hydrogen-bond donors (Lipinski definition) is 2. The molecule has 12 heteroatoms. The number of thioether (sulfide) groups is 1. The largest absolute Gasteiger partial charge is 0.477 e. The van der Waals surface area contributed by atoms with E-state index in [1.165, 1.54) is 11.2 Å². The minimum Gasteiger partial charge on any atom is -0.477 e. The highest BCUT2D eigenvalue weighted by molar-refractivity contribution is 8.04. The maximum atomic E-state index is 13.6. The molecule has 1 saturated heterocycles. The van der Waals surface area contributed by atoms with Crippen molar-refractivity contribution < 1.29 is 32.8 Å². The number of carboxylic acid groups (broad SMARTS) is 1. The van der Waals surface area contributed by atoms with Gasteiger partial charge in [-0.3, -0.25) is 14.0 Å². The first-order valence-corrected chi connectivity index (χ1v) is 13.6. The first-order valence-electron chi connectivity index (χ1n) is 11.3. The van der Waals surface area contributed by atoms with Gasteiger partial charge in [0, 0.05) is 15.9 Å². The molecule has 0 bridgehead atoms. The molecule has 3 aliphatic rings. The number of benzene rings is 2. The van der Waals surface area contributed by atoms with Gasteiger partial charge in [0.15, 0.2) is 0 Å². The topological polar surface area (TPSA) is 124 Å². The highest BCUT2D eigenvalue weighted by Crippen LogP contribution is 2.52. The van der Waals surface area contributed by atoms with Crippen LogP contribution >= 0.6 is 11.8 Å². The van der Waals surface area contributed by atoms with Crippen LogP contribution in [0.3, 0.4) is 0 Å². The van der Waals surface area contributed by atoms with Gasteiger partial charge < -0.3 is 10.2 Å². The maximum Gasteiger partial charge on any atom is 0.353 e. The van der Waals surface area contributed by atoms with Crippen LogP contribution in [0.15, 0.2) is 64.6 Å². The summed E-state index contributed by atoms with van der Waals surface area (Å²) in [6.07, 6.45) is 4.87. The summed E-state index contributed by atoms with van der Waals surface area (Å²) in [5.41, 5.74) is 1.22. The normalized spacial score (nSPS) is 22.8. The van der Waals surface area contributed by atoms with Crippen molar-refractivity contribution in [2.75, 3.05) is 10.8 Å². The van der Waals surface area contributed by atoms with Crippen molar-refractivity contribution in [2.24, 2.45) is 13.0 Å². The molecule has 186 valence electrons. The van der Waals surface area contributed by atoms with E-state index >= 15 is 0 Å². The van der Waals surface area contributed by atoms with E-state index in [-0.39, 0.29) is 22.0 Å². The summed E-state index contributed by atoms with van der Waals surface area (Å²) >= 11 is 1.13. The summed E-state index contributed by atoms with van der Waals surface area (Å²) in [7, 11) is -2.02. The molecule has 4 heterocycles. The number of aliphatic carboxylic acids is 1. The molecule has 0 aliphatic carbocycles. The number of fused-ring (bicyclic) bond motifs is 1. The molecule has 3 aromatic rings. The predicted molar refractivity (Wildman–Crippen MR) is 131 cm³/mol. The van der Waals surface area contributed by atoms with E-state index in [4.69, 9.17) is 0 Å². The van der Waals surface area contributed by atoms with E-state index in [0.29, 0.717) is 17.6 Å². The zero-order valence-corrected chi connectivity index (χ0v) is 21.0. The number of aromatic nitrogens is 2. The number of β-lactam (4-membered cyclic amide) rings is 1. The van der Waals surface area contributed by atoms with Crippen molar-refractivity contribution in [1.82, 2.24) is 9.47 Å². The molecular weight excluding hydrogens is 504 g/mol. The predicted octanol–water partition coefficient (Wildman–Crippen LogP) is 1.23. The fraction of sp³-hybridized carbons (Fsp3) is 0.292. The molecule has 6 rings (SSSR count). The molecule has 1 aromatic heterocycles. The molecule has 1 amide bonds. The Morgan fingerprint density at radius 1 is 1.22 bits per heavy atom. The van der Waals surface area contributed by atoms with Crippen LogP contribution in [0, 0.1) is 5.92 Å². The lowest BCUT2D eigenvalue weighted by Crippen LogP contribution is -2.60. The van der Waals surface area contributed by atoms with Crippen molar-refractivity contribution >= 4 is 50.1 Å². The van der Waals surface area contributed by atoms with Crippen molar-refractivity contribution in [2.45, 2.75) is 29.8 Å². The Balaban J connectivity index is 1.41. The molecule has 3 aliphatic heterocycles. The number of aryl methyl sites for hydroxylation is 1. The average Bonchev–Trinajstić information content (AvgIpc) is 3.43. The van der Waals surface area contributed by atoms with Gasteiger partial charge in [-0.25, -0.2) is 22.3 Å². The standard InChI is InChI=1S/C24H22N4O6S2/c1-13(29)19-22(30)28-21(24(31)32)17(35-23(19)28)11-27-16-5-3-4-15-14(10-26-9-8-25(2)12-26)6-7-18(20(15)16)36(27,33)34/h3-9,12-13,19,23,29H,10-11H2,1-2H3/p+1. The number of aliphatic hydroxyl groups excluding tert-OH is 1. The Kier molecular flexibility index (Phi) is 5.01. The van der Waals surface area contributed by atoms with E-state index in [9.17, 15) is 28.2 Å². The van der Waals surface area contributed by atoms with E-state index in [2.05, 4.69) is 0 Å². The molecule has 36 heavy (non-hydrogen) atoms. The number of rotatable bonds is 6. The lowest BCUT2D eigenvalue weighted by Gasteiger charge is -2.43. The fourth-order valence-corrected chi connectivity index (χ4v) is 8.62. The van der Waals surface area contributed by atoms with Crippen LogP contribution < -0.4 is 8.87 Å². The number of amides is 1. The summed E-state index contributed by atoms with van der Waals surface area (Å²) in [5, 5.41) is 20.7. The summed E-state index contributed by atoms with van der Waals surface area (Å²) in [6, 6.07) is 8.82. The van der Waals surface area contributed by atoms with Gasteiger partial charge in [0.2, 0.25) is 12.2 Å². The van der Waals surface area contributed by atoms with Crippen molar-refractivity contribution in [3.63, 3.8) is 0 Å². The Morgan fingerprint density at radius 3 is 2.67 bits per heavy atom. The number of carbonyl (C=O) groups excluding carboxylic acids is 1. The minimum atomic E-state index is -3.95. The van der Waals surface area contributed by atoms with Crippen LogP contribution in [0.4, 0.5) is 5.69 Å². The fourth-order valence-electron chi connectivity index (χ4n) is 5.28. The number of carbonyl (C=O) groups is 2. The first kappa shape index (κ1) is 23.1. The van der Waals surface area contributed by atoms with Gasteiger partial charge in [0.1, 0.15) is 30.0 Å².